The van der Waals surface area contributed by atoms with Crippen molar-refractivity contribution in [3.05, 3.63) is 52.4 Å². The Balaban J connectivity index is 2.09. The summed E-state index contributed by atoms with van der Waals surface area (Å²) in [5.74, 6) is -1.75. The standard InChI is InChI=1S/C22H24F3NO4/c1-5-29-20(28)17-12(2)26-15-10-21(3,4)11-16(27)19(15)18(17)13-6-8-14(9-7-13)30-22(23,24)25/h6-9,18,26H,5,10-11H2,1-4H3. The van der Waals surface area contributed by atoms with Crippen LogP contribution >= 0.6 is 0 Å². The third kappa shape index (κ3) is 4.52. The molecular formula is C22H24F3NO4. The summed E-state index contributed by atoms with van der Waals surface area (Å²) in [6.45, 7) is 7.56. The highest BCUT2D eigenvalue weighted by Crippen LogP contribution is 2.47. The number of Topliss-reactive ketones (excluding diaryl/α,β-unsaturated/α-hetero) is 1. The van der Waals surface area contributed by atoms with Gasteiger partial charge in [-0.2, -0.15) is 0 Å². The van der Waals surface area contributed by atoms with Gasteiger partial charge in [0.2, 0.25) is 0 Å². The molecule has 0 fully saturated rings. The molecule has 2 aliphatic rings. The molecule has 5 nitrogen and oxygen atoms in total. The first kappa shape index (κ1) is 21.9. The molecule has 8 heteroatoms. The number of hydrogen-bond acceptors (Lipinski definition) is 5. The zero-order valence-corrected chi connectivity index (χ0v) is 17.3. The van der Waals surface area contributed by atoms with Gasteiger partial charge in [0.05, 0.1) is 12.2 Å². The zero-order valence-electron chi connectivity index (χ0n) is 17.3. The molecule has 1 aliphatic carbocycles. The molecule has 1 aliphatic heterocycles. The van der Waals surface area contributed by atoms with Crippen molar-refractivity contribution in [3.8, 4) is 5.75 Å². The lowest BCUT2D eigenvalue weighted by Crippen LogP contribution is -2.38. The molecule has 1 aromatic carbocycles. The summed E-state index contributed by atoms with van der Waals surface area (Å²) in [6.07, 6.45) is -3.87. The summed E-state index contributed by atoms with van der Waals surface area (Å²) < 4.78 is 46.6. The van der Waals surface area contributed by atoms with E-state index in [1.165, 1.54) is 24.3 Å². The van der Waals surface area contributed by atoms with Gasteiger partial charge in [-0.1, -0.05) is 26.0 Å². The number of allylic oxidation sites excluding steroid dienone is 3. The Morgan fingerprint density at radius 1 is 1.20 bits per heavy atom. The maximum atomic E-state index is 13.1. The van der Waals surface area contributed by atoms with Crippen molar-refractivity contribution < 1.29 is 32.2 Å². The van der Waals surface area contributed by atoms with Gasteiger partial charge >= 0.3 is 12.3 Å². The number of hydrogen-bond donors (Lipinski definition) is 1. The highest BCUT2D eigenvalue weighted by molar-refractivity contribution is 6.04. The van der Waals surface area contributed by atoms with Crippen LogP contribution in [0.4, 0.5) is 13.2 Å². The van der Waals surface area contributed by atoms with Gasteiger partial charge in [0.15, 0.2) is 5.78 Å². The number of carbonyl (C=O) groups excluding carboxylic acids is 2. The highest BCUT2D eigenvalue weighted by atomic mass is 19.4. The number of carbonyl (C=O) groups is 2. The largest absolute Gasteiger partial charge is 0.573 e. The quantitative estimate of drug-likeness (QED) is 0.708. The van der Waals surface area contributed by atoms with E-state index in [-0.39, 0.29) is 29.1 Å². The molecule has 1 heterocycles. The molecule has 162 valence electrons. The molecule has 30 heavy (non-hydrogen) atoms. The number of rotatable bonds is 4. The lowest BCUT2D eigenvalue weighted by Gasteiger charge is -2.39. The molecule has 0 bridgehead atoms. The Bertz CT molecular complexity index is 927. The molecule has 0 spiro atoms. The van der Waals surface area contributed by atoms with E-state index in [1.807, 2.05) is 13.8 Å². The molecular weight excluding hydrogens is 399 g/mol. The van der Waals surface area contributed by atoms with Gasteiger partial charge in [0, 0.05) is 29.3 Å². The number of dihydropyridines is 1. The van der Waals surface area contributed by atoms with Crippen LogP contribution in [-0.4, -0.2) is 24.7 Å². The number of benzene rings is 1. The van der Waals surface area contributed by atoms with Crippen molar-refractivity contribution in [3.63, 3.8) is 0 Å². The smallest absolute Gasteiger partial charge is 0.463 e. The number of halogens is 3. The summed E-state index contributed by atoms with van der Waals surface area (Å²) >= 11 is 0. The minimum atomic E-state index is -4.80. The average Bonchev–Trinajstić information content (AvgIpc) is 2.58. The highest BCUT2D eigenvalue weighted by Gasteiger charge is 2.43. The van der Waals surface area contributed by atoms with Gasteiger partial charge in [-0.15, -0.1) is 13.2 Å². The Kier molecular flexibility index (Phi) is 5.71. The Morgan fingerprint density at radius 2 is 1.83 bits per heavy atom. The molecule has 0 saturated heterocycles. The SMILES string of the molecule is CCOC(=O)C1=C(C)NC2=C(C(=O)CC(C)(C)C2)C1c1ccc(OC(F)(F)F)cc1. The first-order valence-corrected chi connectivity index (χ1v) is 9.68. The van der Waals surface area contributed by atoms with Crippen molar-refractivity contribution in [2.24, 2.45) is 5.41 Å². The summed E-state index contributed by atoms with van der Waals surface area (Å²) in [5, 5.41) is 3.20. The van der Waals surface area contributed by atoms with E-state index in [4.69, 9.17) is 4.74 Å². The van der Waals surface area contributed by atoms with E-state index < -0.39 is 18.2 Å². The zero-order chi connectivity index (χ0) is 22.3. The first-order chi connectivity index (χ1) is 13.9. The number of ketones is 1. The first-order valence-electron chi connectivity index (χ1n) is 9.68. The summed E-state index contributed by atoms with van der Waals surface area (Å²) in [5.41, 5.74) is 2.34. The molecule has 0 radical (unpaired) electrons. The minimum absolute atomic E-state index is 0.0938. The third-order valence-electron chi connectivity index (χ3n) is 5.18. The summed E-state index contributed by atoms with van der Waals surface area (Å²) in [6, 6.07) is 5.25. The maximum absolute atomic E-state index is 13.1. The number of nitrogens with one attached hydrogen (secondary N) is 1. The monoisotopic (exact) mass is 423 g/mol. The van der Waals surface area contributed by atoms with E-state index in [0.29, 0.717) is 29.7 Å². The second-order valence-corrected chi connectivity index (χ2v) is 8.27. The fourth-order valence-electron chi connectivity index (χ4n) is 4.11. The van der Waals surface area contributed by atoms with Gasteiger partial charge in [0.1, 0.15) is 5.75 Å². The van der Waals surface area contributed by atoms with Gasteiger partial charge in [0.25, 0.3) is 0 Å². The second kappa shape index (κ2) is 7.81. The molecule has 0 saturated carbocycles. The van der Waals surface area contributed by atoms with Gasteiger partial charge in [-0.3, -0.25) is 4.79 Å². The van der Waals surface area contributed by atoms with Crippen LogP contribution in [0.25, 0.3) is 0 Å². The topological polar surface area (TPSA) is 64.6 Å². The third-order valence-corrected chi connectivity index (χ3v) is 5.18. The van der Waals surface area contributed by atoms with Crippen LogP contribution < -0.4 is 10.1 Å². The van der Waals surface area contributed by atoms with E-state index in [0.717, 1.165) is 5.70 Å². The van der Waals surface area contributed by atoms with Crippen LogP contribution in [0.15, 0.2) is 46.8 Å². The minimum Gasteiger partial charge on any atom is -0.463 e. The van der Waals surface area contributed by atoms with Crippen LogP contribution in [0, 0.1) is 5.41 Å². The van der Waals surface area contributed by atoms with Gasteiger partial charge < -0.3 is 14.8 Å². The van der Waals surface area contributed by atoms with E-state index in [2.05, 4.69) is 10.1 Å². The number of alkyl halides is 3. The van der Waals surface area contributed by atoms with Gasteiger partial charge in [-0.25, -0.2) is 4.79 Å². The van der Waals surface area contributed by atoms with E-state index >= 15 is 0 Å². The van der Waals surface area contributed by atoms with Crippen molar-refractivity contribution in [2.45, 2.75) is 52.8 Å². The molecule has 0 amide bonds. The molecule has 1 N–H and O–H groups in total. The van der Waals surface area contributed by atoms with Crippen LogP contribution in [-0.2, 0) is 14.3 Å². The molecule has 1 atom stereocenters. The van der Waals surface area contributed by atoms with Crippen LogP contribution in [0.1, 0.15) is 52.0 Å². The van der Waals surface area contributed by atoms with Crippen LogP contribution in [0.2, 0.25) is 0 Å². The van der Waals surface area contributed by atoms with Crippen molar-refractivity contribution in [2.75, 3.05) is 6.61 Å². The molecule has 0 aromatic heterocycles. The predicted molar refractivity (Wildman–Crippen MR) is 103 cm³/mol. The maximum Gasteiger partial charge on any atom is 0.573 e. The van der Waals surface area contributed by atoms with Gasteiger partial charge in [-0.05, 0) is 43.4 Å². The average molecular weight is 423 g/mol. The number of esters is 1. The normalized spacial score (nSPS) is 21.2. The molecule has 3 rings (SSSR count). The predicted octanol–water partition coefficient (Wildman–Crippen LogP) is 4.75. The Morgan fingerprint density at radius 3 is 2.40 bits per heavy atom. The fourth-order valence-corrected chi connectivity index (χ4v) is 4.11. The Hall–Kier alpha value is -2.77. The van der Waals surface area contributed by atoms with Crippen LogP contribution in [0.3, 0.4) is 0 Å². The van der Waals surface area contributed by atoms with Crippen molar-refractivity contribution in [1.29, 1.82) is 0 Å². The Labute approximate surface area is 172 Å². The van der Waals surface area contributed by atoms with Crippen LogP contribution in [0.5, 0.6) is 5.75 Å². The van der Waals surface area contributed by atoms with E-state index in [1.54, 1.807) is 13.8 Å². The fraction of sp³-hybridized carbons (Fsp3) is 0.455. The van der Waals surface area contributed by atoms with Crippen molar-refractivity contribution in [1.82, 2.24) is 5.32 Å². The summed E-state index contributed by atoms with van der Waals surface area (Å²) in [4.78, 5) is 25.8. The second-order valence-electron chi connectivity index (χ2n) is 8.27. The lowest BCUT2D eigenvalue weighted by molar-refractivity contribution is -0.274. The summed E-state index contributed by atoms with van der Waals surface area (Å²) in [7, 11) is 0. The van der Waals surface area contributed by atoms with E-state index in [9.17, 15) is 22.8 Å². The number of ether oxygens (including phenoxy) is 2. The lowest BCUT2D eigenvalue weighted by atomic mass is 9.68. The van der Waals surface area contributed by atoms with Crippen molar-refractivity contribution >= 4 is 11.8 Å². The molecule has 1 aromatic rings. The molecule has 1 unspecified atom stereocenters.